The fraction of sp³-hybridized carbons (Fsp3) is 0.467. The van der Waals surface area contributed by atoms with Crippen molar-refractivity contribution in [1.29, 1.82) is 0 Å². The molecule has 1 rings (SSSR count). The van der Waals surface area contributed by atoms with Crippen LogP contribution in [0.5, 0.6) is 0 Å². The number of halogens is 2. The summed E-state index contributed by atoms with van der Waals surface area (Å²) in [5.74, 6) is -2.30. The molecule has 0 spiro atoms. The summed E-state index contributed by atoms with van der Waals surface area (Å²) in [5.41, 5.74) is -0.165. The molecule has 0 bridgehead atoms. The Kier molecular flexibility index (Phi) is 6.42. The smallest absolute Gasteiger partial charge is 0.233 e. The number of carbonyl (C=O) groups is 2. The number of amides is 1. The lowest BCUT2D eigenvalue weighted by atomic mass is 10.0. The molecule has 1 N–H and O–H groups in total. The van der Waals surface area contributed by atoms with Gasteiger partial charge >= 0.3 is 0 Å². The minimum absolute atomic E-state index is 0.0556. The van der Waals surface area contributed by atoms with E-state index in [0.29, 0.717) is 12.6 Å². The molecule has 0 saturated carbocycles. The van der Waals surface area contributed by atoms with E-state index in [4.69, 9.17) is 0 Å². The maximum Gasteiger partial charge on any atom is 0.233 e. The van der Waals surface area contributed by atoms with E-state index in [1.807, 2.05) is 6.92 Å². The van der Waals surface area contributed by atoms with Crippen LogP contribution in [0.4, 0.5) is 8.78 Å². The van der Waals surface area contributed by atoms with Crippen molar-refractivity contribution in [1.82, 2.24) is 10.2 Å². The first-order valence-corrected chi connectivity index (χ1v) is 6.84. The van der Waals surface area contributed by atoms with E-state index < -0.39 is 23.5 Å². The SMILES string of the molecule is CCCN(CC(=O)NC)C(C)C(=O)c1ccc(F)cc1F. The number of hydrogen-bond acceptors (Lipinski definition) is 3. The van der Waals surface area contributed by atoms with Crippen molar-refractivity contribution >= 4 is 11.7 Å². The zero-order valence-electron chi connectivity index (χ0n) is 12.5. The van der Waals surface area contributed by atoms with Crippen LogP contribution in [0.1, 0.15) is 30.6 Å². The molecule has 4 nitrogen and oxygen atoms in total. The monoisotopic (exact) mass is 298 g/mol. The third kappa shape index (κ3) is 4.60. The Morgan fingerprint density at radius 2 is 2.00 bits per heavy atom. The highest BCUT2D eigenvalue weighted by Gasteiger charge is 2.25. The van der Waals surface area contributed by atoms with Crippen LogP contribution < -0.4 is 5.32 Å². The molecule has 1 amide bonds. The fourth-order valence-corrected chi connectivity index (χ4v) is 2.04. The predicted octanol–water partition coefficient (Wildman–Crippen LogP) is 1.99. The molecule has 1 aromatic rings. The summed E-state index contributed by atoms with van der Waals surface area (Å²) in [6.07, 6.45) is 0.751. The highest BCUT2D eigenvalue weighted by molar-refractivity contribution is 6.00. The number of nitrogens with zero attached hydrogens (tertiary/aromatic N) is 1. The number of likely N-dealkylation sites (N-methyl/N-ethyl adjacent to an activating group) is 1. The van der Waals surface area contributed by atoms with E-state index in [1.54, 1.807) is 11.8 Å². The Balaban J connectivity index is 2.93. The lowest BCUT2D eigenvalue weighted by Gasteiger charge is -2.27. The molecule has 6 heteroatoms. The van der Waals surface area contributed by atoms with E-state index in [0.717, 1.165) is 18.6 Å². The normalized spacial score (nSPS) is 12.3. The first kappa shape index (κ1) is 17.2. The van der Waals surface area contributed by atoms with E-state index in [9.17, 15) is 18.4 Å². The molecule has 1 aromatic carbocycles. The highest BCUT2D eigenvalue weighted by Crippen LogP contribution is 2.15. The lowest BCUT2D eigenvalue weighted by molar-refractivity contribution is -0.122. The van der Waals surface area contributed by atoms with Crippen molar-refractivity contribution in [2.24, 2.45) is 0 Å². The Labute approximate surface area is 123 Å². The third-order valence-electron chi connectivity index (χ3n) is 3.26. The average molecular weight is 298 g/mol. The minimum atomic E-state index is -0.886. The van der Waals surface area contributed by atoms with Crippen LogP contribution in [-0.4, -0.2) is 42.8 Å². The van der Waals surface area contributed by atoms with Gasteiger partial charge in [-0.3, -0.25) is 14.5 Å². The van der Waals surface area contributed by atoms with Crippen LogP contribution in [0.15, 0.2) is 18.2 Å². The van der Waals surface area contributed by atoms with Gasteiger partial charge in [-0.15, -0.1) is 0 Å². The molecular formula is C15H20F2N2O2. The summed E-state index contributed by atoms with van der Waals surface area (Å²) in [6, 6.07) is 2.20. The number of ketones is 1. The molecule has 0 aliphatic heterocycles. The molecule has 0 heterocycles. The number of benzene rings is 1. The molecule has 116 valence electrons. The van der Waals surface area contributed by atoms with Crippen molar-refractivity contribution in [3.05, 3.63) is 35.4 Å². The Hall–Kier alpha value is -1.82. The molecule has 0 aliphatic rings. The zero-order valence-corrected chi connectivity index (χ0v) is 12.5. The standard InChI is InChI=1S/C15H20F2N2O2/c1-4-7-19(9-14(20)18-3)10(2)15(21)12-6-5-11(16)8-13(12)17/h5-6,8,10H,4,7,9H2,1-3H3,(H,18,20). The van der Waals surface area contributed by atoms with Crippen LogP contribution in [-0.2, 0) is 4.79 Å². The molecule has 0 saturated heterocycles. The van der Waals surface area contributed by atoms with Crippen molar-refractivity contribution in [3.63, 3.8) is 0 Å². The molecule has 0 aromatic heterocycles. The zero-order chi connectivity index (χ0) is 16.0. The summed E-state index contributed by atoms with van der Waals surface area (Å²) in [4.78, 5) is 25.5. The fourth-order valence-electron chi connectivity index (χ4n) is 2.04. The molecule has 1 unspecified atom stereocenters. The van der Waals surface area contributed by atoms with Gasteiger partial charge in [0, 0.05) is 13.1 Å². The van der Waals surface area contributed by atoms with Crippen LogP contribution in [0.2, 0.25) is 0 Å². The maximum absolute atomic E-state index is 13.7. The lowest BCUT2D eigenvalue weighted by Crippen LogP contribution is -2.45. The van der Waals surface area contributed by atoms with Crippen molar-refractivity contribution in [2.45, 2.75) is 26.3 Å². The van der Waals surface area contributed by atoms with Crippen LogP contribution in [0.3, 0.4) is 0 Å². The molecule has 0 aliphatic carbocycles. The van der Waals surface area contributed by atoms with Gasteiger partial charge in [-0.1, -0.05) is 6.92 Å². The van der Waals surface area contributed by atoms with E-state index in [1.165, 1.54) is 7.05 Å². The quantitative estimate of drug-likeness (QED) is 0.783. The second-order valence-electron chi connectivity index (χ2n) is 4.81. The van der Waals surface area contributed by atoms with Gasteiger partial charge in [-0.05, 0) is 32.0 Å². The first-order chi connectivity index (χ1) is 9.90. The Morgan fingerprint density at radius 3 is 2.52 bits per heavy atom. The maximum atomic E-state index is 13.7. The first-order valence-electron chi connectivity index (χ1n) is 6.84. The summed E-state index contributed by atoms with van der Waals surface area (Å²) in [6.45, 7) is 4.12. The molecule has 1 atom stereocenters. The summed E-state index contributed by atoms with van der Waals surface area (Å²) in [5, 5.41) is 2.49. The predicted molar refractivity (Wildman–Crippen MR) is 76.1 cm³/mol. The largest absolute Gasteiger partial charge is 0.358 e. The number of hydrogen-bond donors (Lipinski definition) is 1. The van der Waals surface area contributed by atoms with Crippen molar-refractivity contribution in [2.75, 3.05) is 20.1 Å². The number of nitrogens with one attached hydrogen (secondary N) is 1. The second kappa shape index (κ2) is 7.83. The average Bonchev–Trinajstić information content (AvgIpc) is 2.45. The third-order valence-corrected chi connectivity index (χ3v) is 3.26. The van der Waals surface area contributed by atoms with Gasteiger partial charge in [0.25, 0.3) is 0 Å². The van der Waals surface area contributed by atoms with Gasteiger partial charge in [0.1, 0.15) is 11.6 Å². The van der Waals surface area contributed by atoms with Gasteiger partial charge < -0.3 is 5.32 Å². The van der Waals surface area contributed by atoms with E-state index in [2.05, 4.69) is 5.32 Å². The van der Waals surface area contributed by atoms with E-state index >= 15 is 0 Å². The highest BCUT2D eigenvalue weighted by atomic mass is 19.1. The van der Waals surface area contributed by atoms with Gasteiger partial charge in [0.15, 0.2) is 5.78 Å². The van der Waals surface area contributed by atoms with Crippen LogP contribution in [0, 0.1) is 11.6 Å². The number of Topliss-reactive ketones (excluding diaryl/α,β-unsaturated/α-hetero) is 1. The van der Waals surface area contributed by atoms with Crippen molar-refractivity contribution in [3.8, 4) is 0 Å². The number of carbonyl (C=O) groups excluding carboxylic acids is 2. The molecule has 0 radical (unpaired) electrons. The topological polar surface area (TPSA) is 49.4 Å². The van der Waals surface area contributed by atoms with Gasteiger partial charge in [0.05, 0.1) is 18.2 Å². The molecule has 0 fully saturated rings. The van der Waals surface area contributed by atoms with E-state index in [-0.39, 0.29) is 18.0 Å². The molecule has 21 heavy (non-hydrogen) atoms. The Morgan fingerprint density at radius 1 is 1.33 bits per heavy atom. The van der Waals surface area contributed by atoms with Crippen molar-refractivity contribution < 1.29 is 18.4 Å². The van der Waals surface area contributed by atoms with Crippen LogP contribution in [0.25, 0.3) is 0 Å². The second-order valence-corrected chi connectivity index (χ2v) is 4.81. The minimum Gasteiger partial charge on any atom is -0.358 e. The summed E-state index contributed by atoms with van der Waals surface area (Å²) < 4.78 is 26.6. The summed E-state index contributed by atoms with van der Waals surface area (Å²) >= 11 is 0. The number of rotatable bonds is 7. The Bertz CT molecular complexity index is 520. The van der Waals surface area contributed by atoms with Gasteiger partial charge in [-0.2, -0.15) is 0 Å². The van der Waals surface area contributed by atoms with Gasteiger partial charge in [-0.25, -0.2) is 8.78 Å². The molecular weight excluding hydrogens is 278 g/mol. The van der Waals surface area contributed by atoms with Crippen LogP contribution >= 0.6 is 0 Å². The summed E-state index contributed by atoms with van der Waals surface area (Å²) in [7, 11) is 1.51. The van der Waals surface area contributed by atoms with Gasteiger partial charge in [0.2, 0.25) is 5.91 Å².